The molecule has 0 spiro atoms. The van der Waals surface area contributed by atoms with Crippen molar-refractivity contribution in [2.24, 2.45) is 5.92 Å². The number of aromatic nitrogens is 5. The third-order valence-electron chi connectivity index (χ3n) is 4.21. The minimum atomic E-state index is 0.565. The fourth-order valence-electron chi connectivity index (χ4n) is 2.89. The first-order valence-electron chi connectivity index (χ1n) is 8.07. The van der Waals surface area contributed by atoms with Crippen LogP contribution < -0.4 is 10.2 Å². The molecule has 1 fully saturated rings. The van der Waals surface area contributed by atoms with E-state index in [1.54, 1.807) is 6.20 Å². The number of fused-ring (bicyclic) bond motifs is 1. The summed E-state index contributed by atoms with van der Waals surface area (Å²) in [6, 6.07) is 7.93. The van der Waals surface area contributed by atoms with E-state index in [1.807, 2.05) is 38.1 Å². The summed E-state index contributed by atoms with van der Waals surface area (Å²) in [5.41, 5.74) is 1.68. The maximum atomic E-state index is 4.52. The molecular weight excluding hydrogens is 302 g/mol. The molecule has 0 aromatic carbocycles. The number of rotatable bonds is 4. The van der Waals surface area contributed by atoms with Gasteiger partial charge in [0.25, 0.3) is 0 Å². The Hall–Kier alpha value is -2.83. The molecule has 0 saturated carbocycles. The lowest BCUT2D eigenvalue weighted by molar-refractivity contribution is 0.425. The number of nitrogens with zero attached hydrogens (tertiary/aromatic N) is 6. The van der Waals surface area contributed by atoms with Crippen LogP contribution in [0.1, 0.15) is 11.5 Å². The fraction of sp³-hybridized carbons (Fsp3) is 0.353. The van der Waals surface area contributed by atoms with Crippen LogP contribution in [0.3, 0.4) is 0 Å². The van der Waals surface area contributed by atoms with Gasteiger partial charge in [0.05, 0.1) is 11.1 Å². The highest BCUT2D eigenvalue weighted by molar-refractivity contribution is 5.86. The number of anilines is 2. The highest BCUT2D eigenvalue weighted by atomic mass is 15.3. The van der Waals surface area contributed by atoms with Gasteiger partial charge in [0.1, 0.15) is 11.6 Å². The standard InChI is InChI=1S/C17H19N7/c1-11-5-6-15(23-22-11)24-9-13(10-24)8-19-17-14-4-3-7-18-16(14)20-12(2)21-17/h3-7,13H,8-10H2,1-2H3,(H,18,19,20,21). The van der Waals surface area contributed by atoms with Crippen LogP contribution in [-0.4, -0.2) is 44.8 Å². The van der Waals surface area contributed by atoms with Crippen LogP contribution in [0.5, 0.6) is 0 Å². The van der Waals surface area contributed by atoms with Crippen molar-refractivity contribution >= 4 is 22.7 Å². The van der Waals surface area contributed by atoms with Gasteiger partial charge >= 0.3 is 0 Å². The summed E-state index contributed by atoms with van der Waals surface area (Å²) < 4.78 is 0. The first-order valence-corrected chi connectivity index (χ1v) is 8.07. The quantitative estimate of drug-likeness (QED) is 0.787. The van der Waals surface area contributed by atoms with Gasteiger partial charge in [0, 0.05) is 31.7 Å². The number of hydrogen-bond donors (Lipinski definition) is 1. The van der Waals surface area contributed by atoms with Crippen LogP contribution in [0, 0.1) is 19.8 Å². The molecular formula is C17H19N7. The van der Waals surface area contributed by atoms with Crippen LogP contribution in [0.25, 0.3) is 11.0 Å². The van der Waals surface area contributed by atoms with Crippen molar-refractivity contribution in [3.63, 3.8) is 0 Å². The van der Waals surface area contributed by atoms with Gasteiger partial charge in [-0.3, -0.25) is 0 Å². The zero-order valence-electron chi connectivity index (χ0n) is 13.8. The lowest BCUT2D eigenvalue weighted by Crippen LogP contribution is -2.50. The van der Waals surface area contributed by atoms with Crippen LogP contribution in [0.15, 0.2) is 30.5 Å². The Balaban J connectivity index is 1.40. The Morgan fingerprint density at radius 2 is 2.00 bits per heavy atom. The van der Waals surface area contributed by atoms with E-state index in [1.165, 1.54) is 0 Å². The van der Waals surface area contributed by atoms with E-state index >= 15 is 0 Å². The van der Waals surface area contributed by atoms with Crippen LogP contribution in [-0.2, 0) is 0 Å². The number of hydrogen-bond acceptors (Lipinski definition) is 7. The van der Waals surface area contributed by atoms with Crippen molar-refractivity contribution in [3.8, 4) is 0 Å². The number of pyridine rings is 1. The molecule has 1 N–H and O–H groups in total. The summed E-state index contributed by atoms with van der Waals surface area (Å²) in [6.07, 6.45) is 1.75. The van der Waals surface area contributed by atoms with E-state index in [4.69, 9.17) is 0 Å². The molecule has 4 heterocycles. The van der Waals surface area contributed by atoms with Gasteiger partial charge in [-0.25, -0.2) is 15.0 Å². The summed E-state index contributed by atoms with van der Waals surface area (Å²) in [4.78, 5) is 15.4. The Bertz CT molecular complexity index is 856. The molecule has 7 nitrogen and oxygen atoms in total. The first kappa shape index (κ1) is 14.7. The number of nitrogens with one attached hydrogen (secondary N) is 1. The Kier molecular flexibility index (Phi) is 3.68. The molecule has 0 radical (unpaired) electrons. The second kappa shape index (κ2) is 5.99. The maximum absolute atomic E-state index is 4.52. The van der Waals surface area contributed by atoms with Crippen molar-refractivity contribution in [1.82, 2.24) is 25.1 Å². The summed E-state index contributed by atoms with van der Waals surface area (Å²) in [5.74, 6) is 3.10. The van der Waals surface area contributed by atoms with E-state index in [0.717, 1.165) is 53.8 Å². The van der Waals surface area contributed by atoms with Crippen molar-refractivity contribution < 1.29 is 0 Å². The second-order valence-corrected chi connectivity index (χ2v) is 6.18. The third kappa shape index (κ3) is 2.84. The van der Waals surface area contributed by atoms with Gasteiger partial charge in [-0.2, -0.15) is 5.10 Å². The van der Waals surface area contributed by atoms with Gasteiger partial charge < -0.3 is 10.2 Å². The monoisotopic (exact) mass is 321 g/mol. The van der Waals surface area contributed by atoms with E-state index in [0.29, 0.717) is 5.92 Å². The molecule has 3 aromatic heterocycles. The molecule has 1 saturated heterocycles. The van der Waals surface area contributed by atoms with Crippen LogP contribution >= 0.6 is 0 Å². The SMILES string of the molecule is Cc1ccc(N2CC(CNc3nc(C)nc4ncccc34)C2)nn1. The molecule has 1 aliphatic heterocycles. The molecule has 7 heteroatoms. The Morgan fingerprint density at radius 3 is 2.79 bits per heavy atom. The van der Waals surface area contributed by atoms with E-state index in [-0.39, 0.29) is 0 Å². The smallest absolute Gasteiger partial charge is 0.164 e. The molecule has 4 rings (SSSR count). The van der Waals surface area contributed by atoms with Gasteiger partial charge in [-0.05, 0) is 38.1 Å². The molecule has 0 unspecified atom stereocenters. The van der Waals surface area contributed by atoms with Gasteiger partial charge in [-0.15, -0.1) is 5.10 Å². The van der Waals surface area contributed by atoms with Crippen molar-refractivity contribution in [1.29, 1.82) is 0 Å². The van der Waals surface area contributed by atoms with Crippen LogP contribution in [0.4, 0.5) is 11.6 Å². The molecule has 1 aliphatic rings. The van der Waals surface area contributed by atoms with Crippen molar-refractivity contribution in [3.05, 3.63) is 42.0 Å². The normalized spacial score (nSPS) is 14.7. The average molecular weight is 321 g/mol. The van der Waals surface area contributed by atoms with Crippen LogP contribution in [0.2, 0.25) is 0 Å². The molecule has 0 atom stereocenters. The summed E-state index contributed by atoms with van der Waals surface area (Å²) in [7, 11) is 0. The Morgan fingerprint density at radius 1 is 1.12 bits per heavy atom. The molecule has 0 aliphatic carbocycles. The minimum absolute atomic E-state index is 0.565. The Labute approximate surface area is 140 Å². The summed E-state index contributed by atoms with van der Waals surface area (Å²) in [6.45, 7) is 6.66. The van der Waals surface area contributed by atoms with Gasteiger partial charge in [0.2, 0.25) is 0 Å². The van der Waals surface area contributed by atoms with E-state index < -0.39 is 0 Å². The topological polar surface area (TPSA) is 79.7 Å². The largest absolute Gasteiger partial charge is 0.369 e. The lowest BCUT2D eigenvalue weighted by atomic mass is 10.0. The zero-order chi connectivity index (χ0) is 16.5. The summed E-state index contributed by atoms with van der Waals surface area (Å²) in [5, 5.41) is 12.8. The van der Waals surface area contributed by atoms with Crippen molar-refractivity contribution in [2.75, 3.05) is 29.9 Å². The molecule has 0 amide bonds. The average Bonchev–Trinajstić information content (AvgIpc) is 2.54. The molecule has 24 heavy (non-hydrogen) atoms. The molecule has 0 bridgehead atoms. The minimum Gasteiger partial charge on any atom is -0.369 e. The van der Waals surface area contributed by atoms with E-state index in [9.17, 15) is 0 Å². The predicted molar refractivity (Wildman–Crippen MR) is 93.0 cm³/mol. The van der Waals surface area contributed by atoms with Crippen molar-refractivity contribution in [2.45, 2.75) is 13.8 Å². The number of aryl methyl sites for hydroxylation is 2. The van der Waals surface area contributed by atoms with Gasteiger partial charge in [-0.1, -0.05) is 0 Å². The second-order valence-electron chi connectivity index (χ2n) is 6.18. The van der Waals surface area contributed by atoms with Gasteiger partial charge in [0.15, 0.2) is 11.5 Å². The highest BCUT2D eigenvalue weighted by Crippen LogP contribution is 2.24. The molecule has 122 valence electrons. The third-order valence-corrected chi connectivity index (χ3v) is 4.21. The predicted octanol–water partition coefficient (Wildman–Crippen LogP) is 1.98. The molecule has 3 aromatic rings. The highest BCUT2D eigenvalue weighted by Gasteiger charge is 2.28. The van der Waals surface area contributed by atoms with E-state index in [2.05, 4.69) is 35.4 Å². The fourth-order valence-corrected chi connectivity index (χ4v) is 2.89. The summed E-state index contributed by atoms with van der Waals surface area (Å²) >= 11 is 0. The maximum Gasteiger partial charge on any atom is 0.164 e. The lowest BCUT2D eigenvalue weighted by Gasteiger charge is -2.40. The zero-order valence-corrected chi connectivity index (χ0v) is 13.8. The first-order chi connectivity index (χ1) is 11.7.